The molecular formula is C20H15Br2N. The molecule has 1 aromatic heterocycles. The van der Waals surface area contributed by atoms with Crippen molar-refractivity contribution in [3.63, 3.8) is 0 Å². The standard InChI is InChI=1S/C20H15Br2N/c1-2-13-8-9-15-16-11-17(21)18(22)12-20(16)23(19(15)10-13)14-6-4-3-5-7-14/h3-12H,2H2,1H3. The van der Waals surface area contributed by atoms with E-state index in [4.69, 9.17) is 0 Å². The minimum atomic E-state index is 1.04. The zero-order chi connectivity index (χ0) is 16.0. The first-order valence-corrected chi connectivity index (χ1v) is 9.25. The summed E-state index contributed by atoms with van der Waals surface area (Å²) in [4.78, 5) is 0. The minimum absolute atomic E-state index is 1.04. The second-order valence-electron chi connectivity index (χ2n) is 5.66. The highest BCUT2D eigenvalue weighted by molar-refractivity contribution is 9.13. The van der Waals surface area contributed by atoms with Crippen molar-refractivity contribution in [1.29, 1.82) is 0 Å². The van der Waals surface area contributed by atoms with Crippen LogP contribution in [0.3, 0.4) is 0 Å². The Labute approximate surface area is 152 Å². The average molecular weight is 429 g/mol. The SMILES string of the molecule is CCc1ccc2c3cc(Br)c(Br)cc3n(-c3ccccc3)c2c1. The number of rotatable bonds is 2. The van der Waals surface area contributed by atoms with Crippen LogP contribution in [0.4, 0.5) is 0 Å². The van der Waals surface area contributed by atoms with E-state index >= 15 is 0 Å². The molecule has 3 aromatic carbocycles. The van der Waals surface area contributed by atoms with Gasteiger partial charge in [0.15, 0.2) is 0 Å². The predicted molar refractivity (Wildman–Crippen MR) is 106 cm³/mol. The van der Waals surface area contributed by atoms with E-state index in [1.165, 1.54) is 33.1 Å². The number of hydrogen-bond acceptors (Lipinski definition) is 0. The first kappa shape index (κ1) is 15.0. The number of halogens is 2. The van der Waals surface area contributed by atoms with Crippen LogP contribution in [0.25, 0.3) is 27.5 Å². The third kappa shape index (κ3) is 2.43. The lowest BCUT2D eigenvalue weighted by atomic mass is 10.1. The highest BCUT2D eigenvalue weighted by Gasteiger charge is 2.14. The molecule has 0 amide bonds. The van der Waals surface area contributed by atoms with Crippen molar-refractivity contribution in [3.8, 4) is 5.69 Å². The fourth-order valence-electron chi connectivity index (χ4n) is 3.13. The molecule has 0 saturated carbocycles. The van der Waals surface area contributed by atoms with Gasteiger partial charge in [0, 0.05) is 25.4 Å². The molecule has 0 aliphatic heterocycles. The van der Waals surface area contributed by atoms with Crippen molar-refractivity contribution in [3.05, 3.63) is 75.2 Å². The zero-order valence-electron chi connectivity index (χ0n) is 12.7. The summed E-state index contributed by atoms with van der Waals surface area (Å²) < 4.78 is 4.50. The van der Waals surface area contributed by atoms with E-state index in [1.807, 2.05) is 0 Å². The fourth-order valence-corrected chi connectivity index (χ4v) is 3.81. The van der Waals surface area contributed by atoms with Crippen molar-refractivity contribution in [2.45, 2.75) is 13.3 Å². The molecule has 0 N–H and O–H groups in total. The zero-order valence-corrected chi connectivity index (χ0v) is 15.9. The number of fused-ring (bicyclic) bond motifs is 3. The summed E-state index contributed by atoms with van der Waals surface area (Å²) in [6.45, 7) is 2.20. The summed E-state index contributed by atoms with van der Waals surface area (Å²) in [7, 11) is 0. The number of aromatic nitrogens is 1. The lowest BCUT2D eigenvalue weighted by Crippen LogP contribution is -1.93. The van der Waals surface area contributed by atoms with Crippen molar-refractivity contribution in [2.75, 3.05) is 0 Å². The molecule has 4 rings (SSSR count). The van der Waals surface area contributed by atoms with Gasteiger partial charge in [-0.3, -0.25) is 0 Å². The van der Waals surface area contributed by atoms with Gasteiger partial charge in [-0.2, -0.15) is 0 Å². The molecule has 0 radical (unpaired) electrons. The van der Waals surface area contributed by atoms with Gasteiger partial charge in [0.2, 0.25) is 0 Å². The molecule has 23 heavy (non-hydrogen) atoms. The van der Waals surface area contributed by atoms with Gasteiger partial charge in [0.25, 0.3) is 0 Å². The Morgan fingerprint density at radius 1 is 0.783 bits per heavy atom. The smallest absolute Gasteiger partial charge is 0.0553 e. The number of hydrogen-bond donors (Lipinski definition) is 0. The van der Waals surface area contributed by atoms with E-state index in [1.54, 1.807) is 0 Å². The van der Waals surface area contributed by atoms with Gasteiger partial charge in [-0.1, -0.05) is 37.3 Å². The number of nitrogens with zero attached hydrogens (tertiary/aromatic N) is 1. The van der Waals surface area contributed by atoms with E-state index in [9.17, 15) is 0 Å². The third-order valence-electron chi connectivity index (χ3n) is 4.30. The molecule has 114 valence electrons. The van der Waals surface area contributed by atoms with E-state index in [2.05, 4.69) is 104 Å². The van der Waals surface area contributed by atoms with Crippen LogP contribution >= 0.6 is 31.9 Å². The van der Waals surface area contributed by atoms with Gasteiger partial charge in [0.1, 0.15) is 0 Å². The Morgan fingerprint density at radius 3 is 2.22 bits per heavy atom. The summed E-state index contributed by atoms with van der Waals surface area (Å²) in [5, 5.41) is 2.55. The summed E-state index contributed by atoms with van der Waals surface area (Å²) in [5.41, 5.74) is 5.02. The van der Waals surface area contributed by atoms with Gasteiger partial charge >= 0.3 is 0 Å². The summed E-state index contributed by atoms with van der Waals surface area (Å²) in [5.74, 6) is 0. The second kappa shape index (κ2) is 5.81. The Balaban J connectivity index is 2.21. The molecule has 0 aliphatic carbocycles. The maximum atomic E-state index is 3.65. The minimum Gasteiger partial charge on any atom is -0.309 e. The van der Waals surface area contributed by atoms with Gasteiger partial charge < -0.3 is 4.57 Å². The molecule has 1 nitrogen and oxygen atoms in total. The van der Waals surface area contributed by atoms with Gasteiger partial charge in [-0.05, 0) is 74.2 Å². The quantitative estimate of drug-likeness (QED) is 0.328. The molecule has 0 aliphatic rings. The monoisotopic (exact) mass is 427 g/mol. The molecular weight excluding hydrogens is 414 g/mol. The molecule has 0 unspecified atom stereocenters. The lowest BCUT2D eigenvalue weighted by Gasteiger charge is -2.08. The molecule has 3 heteroatoms. The van der Waals surface area contributed by atoms with Crippen LogP contribution in [0, 0.1) is 0 Å². The molecule has 0 atom stereocenters. The van der Waals surface area contributed by atoms with Crippen LogP contribution in [0.15, 0.2) is 69.6 Å². The first-order valence-electron chi connectivity index (χ1n) is 7.66. The van der Waals surface area contributed by atoms with Crippen LogP contribution in [-0.4, -0.2) is 4.57 Å². The van der Waals surface area contributed by atoms with Gasteiger partial charge in [0.05, 0.1) is 11.0 Å². The molecule has 0 bridgehead atoms. The van der Waals surface area contributed by atoms with E-state index in [-0.39, 0.29) is 0 Å². The highest BCUT2D eigenvalue weighted by atomic mass is 79.9. The van der Waals surface area contributed by atoms with E-state index < -0.39 is 0 Å². The largest absolute Gasteiger partial charge is 0.309 e. The third-order valence-corrected chi connectivity index (χ3v) is 6.14. The Kier molecular flexibility index (Phi) is 3.78. The van der Waals surface area contributed by atoms with Crippen molar-refractivity contribution >= 4 is 53.7 Å². The van der Waals surface area contributed by atoms with Crippen LogP contribution in [0.1, 0.15) is 12.5 Å². The Hall–Kier alpha value is -1.58. The van der Waals surface area contributed by atoms with Crippen LogP contribution in [-0.2, 0) is 6.42 Å². The number of benzene rings is 3. The van der Waals surface area contributed by atoms with E-state index in [0.29, 0.717) is 0 Å². The van der Waals surface area contributed by atoms with Crippen LogP contribution in [0.5, 0.6) is 0 Å². The summed E-state index contributed by atoms with van der Waals surface area (Å²) >= 11 is 7.29. The maximum absolute atomic E-state index is 3.65. The topological polar surface area (TPSA) is 4.93 Å². The molecule has 4 aromatic rings. The predicted octanol–water partition coefficient (Wildman–Crippen LogP) is 6.87. The Morgan fingerprint density at radius 2 is 1.48 bits per heavy atom. The second-order valence-corrected chi connectivity index (χ2v) is 7.37. The van der Waals surface area contributed by atoms with Gasteiger partial charge in [-0.25, -0.2) is 0 Å². The normalized spacial score (nSPS) is 11.4. The van der Waals surface area contributed by atoms with Crippen molar-refractivity contribution < 1.29 is 0 Å². The lowest BCUT2D eigenvalue weighted by molar-refractivity contribution is 1.13. The van der Waals surface area contributed by atoms with E-state index in [0.717, 1.165) is 15.4 Å². The molecule has 1 heterocycles. The van der Waals surface area contributed by atoms with Crippen molar-refractivity contribution in [1.82, 2.24) is 4.57 Å². The van der Waals surface area contributed by atoms with Crippen LogP contribution < -0.4 is 0 Å². The molecule has 0 spiro atoms. The maximum Gasteiger partial charge on any atom is 0.0553 e. The van der Waals surface area contributed by atoms with Crippen LogP contribution in [0.2, 0.25) is 0 Å². The summed E-state index contributed by atoms with van der Waals surface area (Å²) in [6, 6.07) is 21.7. The molecule has 0 fully saturated rings. The number of aryl methyl sites for hydroxylation is 1. The first-order chi connectivity index (χ1) is 11.2. The van der Waals surface area contributed by atoms with Crippen molar-refractivity contribution in [2.24, 2.45) is 0 Å². The average Bonchev–Trinajstić information content (AvgIpc) is 2.88. The highest BCUT2D eigenvalue weighted by Crippen LogP contribution is 2.37. The molecule has 0 saturated heterocycles. The fraction of sp³-hybridized carbons (Fsp3) is 0.100. The Bertz CT molecular complexity index is 1020. The van der Waals surface area contributed by atoms with Gasteiger partial charge in [-0.15, -0.1) is 0 Å². The number of para-hydroxylation sites is 1. The summed E-state index contributed by atoms with van der Waals surface area (Å²) in [6.07, 6.45) is 1.04.